The number of carbonyl (C=O) groups excluding carboxylic acids is 5. The van der Waals surface area contributed by atoms with E-state index in [0.29, 0.717) is 106 Å². The number of aromatic nitrogens is 12. The van der Waals surface area contributed by atoms with Crippen LogP contribution in [0, 0.1) is 18.6 Å². The van der Waals surface area contributed by atoms with Crippen LogP contribution in [0.1, 0.15) is 116 Å². The monoisotopic (exact) mass is 1560 g/mol. The molecule has 0 unspecified atom stereocenters. The highest BCUT2D eigenvalue weighted by atomic mass is 19.4. The molecule has 32 heteroatoms. The first-order valence-corrected chi connectivity index (χ1v) is 37.5. The van der Waals surface area contributed by atoms with Crippen LogP contribution in [-0.4, -0.2) is 162 Å². The van der Waals surface area contributed by atoms with Gasteiger partial charge in [-0.3, -0.25) is 28.9 Å². The molecule has 4 atom stereocenters. The summed E-state index contributed by atoms with van der Waals surface area (Å²) in [4.78, 5) is 94.0. The van der Waals surface area contributed by atoms with Crippen molar-refractivity contribution in [3.8, 4) is 33.8 Å². The van der Waals surface area contributed by atoms with Gasteiger partial charge in [-0.25, -0.2) is 52.7 Å². The highest BCUT2D eigenvalue weighted by molar-refractivity contribution is 6.01. The van der Waals surface area contributed by atoms with Gasteiger partial charge in [-0.05, 0) is 141 Å². The zero-order chi connectivity index (χ0) is 80.6. The predicted molar refractivity (Wildman–Crippen MR) is 423 cm³/mol. The third kappa shape index (κ3) is 17.8. The number of piperidine rings is 3. The molecular formula is C83H82F5N21O6. The van der Waals surface area contributed by atoms with E-state index >= 15 is 0 Å². The van der Waals surface area contributed by atoms with Crippen LogP contribution in [0.3, 0.4) is 0 Å². The topological polar surface area (TPSA) is 353 Å². The molecule has 590 valence electrons. The number of alkyl halides is 3. The molecule has 115 heavy (non-hydrogen) atoms. The van der Waals surface area contributed by atoms with Gasteiger partial charge in [-0.2, -0.15) is 28.5 Å². The van der Waals surface area contributed by atoms with Crippen molar-refractivity contribution in [3.05, 3.63) is 240 Å². The third-order valence-electron chi connectivity index (χ3n) is 20.7. The van der Waals surface area contributed by atoms with Crippen LogP contribution in [0.5, 0.6) is 0 Å². The van der Waals surface area contributed by atoms with E-state index in [1.807, 2.05) is 84.4 Å². The van der Waals surface area contributed by atoms with Crippen LogP contribution in [-0.2, 0) is 40.1 Å². The van der Waals surface area contributed by atoms with Gasteiger partial charge in [0.05, 0.1) is 58.1 Å². The molecular weight excluding hydrogens is 1480 g/mol. The highest BCUT2D eigenvalue weighted by Crippen LogP contribution is 2.39. The summed E-state index contributed by atoms with van der Waals surface area (Å²) in [6.07, 6.45) is 8.06. The van der Waals surface area contributed by atoms with E-state index in [-0.39, 0.29) is 71.7 Å². The normalized spacial score (nSPS) is 16.9. The first kappa shape index (κ1) is 78.5. The van der Waals surface area contributed by atoms with E-state index in [0.717, 1.165) is 129 Å². The predicted octanol–water partition coefficient (Wildman–Crippen LogP) is 11.4. The van der Waals surface area contributed by atoms with Gasteiger partial charge >= 0.3 is 6.18 Å². The Balaban J connectivity index is 0.000000143. The Morgan fingerprint density at radius 1 is 0.513 bits per heavy atom. The molecule has 0 saturated carbocycles. The van der Waals surface area contributed by atoms with Gasteiger partial charge in [0.15, 0.2) is 16.9 Å². The molecule has 5 amide bonds. The minimum atomic E-state index is -4.54. The molecule has 0 spiro atoms. The van der Waals surface area contributed by atoms with Crippen molar-refractivity contribution in [2.45, 2.75) is 95.5 Å². The highest BCUT2D eigenvalue weighted by Gasteiger charge is 2.35. The number of epoxide rings is 1. The Morgan fingerprint density at radius 3 is 1.49 bits per heavy atom. The summed E-state index contributed by atoms with van der Waals surface area (Å²) in [5.41, 5.74) is 27.7. The number of ether oxygens (including phenoxy) is 1. The fraction of sp³-hybridized carbons (Fsp3) is 0.277. The summed E-state index contributed by atoms with van der Waals surface area (Å²) in [5, 5.41) is 25.0. The molecule has 6 aromatic carbocycles. The second-order valence-electron chi connectivity index (χ2n) is 28.5. The lowest BCUT2D eigenvalue weighted by Gasteiger charge is -2.32. The SMILES string of the molecule is C=CC(=O)N1CCC[C@@H](n2nc(-c3cccc(CNC(=O)c4cc(F)ccc4F)c3)c3c(N)ncnc32)C1.C=CC(=O)N1CCC[C@@H](n2nc(-c3cccc(CNC(=O)c4cccc(C(F)(F)F)c4)c3)c3c(N)ncnc32)C1.Cc1ccccc1C(=O)NCc1ccc(-c2nn([C@@H]3CCCN(C[C@@H]4CO4)C3)c3ncnc(N)c23)cc1. The molecule has 16 rings (SSSR count). The summed E-state index contributed by atoms with van der Waals surface area (Å²) >= 11 is 0. The van der Waals surface area contributed by atoms with Crippen molar-refractivity contribution in [3.63, 3.8) is 0 Å². The molecule has 9 N–H and O–H groups in total. The lowest BCUT2D eigenvalue weighted by molar-refractivity contribution is -0.137. The molecule has 0 aliphatic carbocycles. The third-order valence-corrected chi connectivity index (χ3v) is 20.7. The number of fused-ring (bicyclic) bond motifs is 3. The lowest BCUT2D eigenvalue weighted by Crippen LogP contribution is -2.40. The van der Waals surface area contributed by atoms with E-state index < -0.39 is 35.2 Å². The van der Waals surface area contributed by atoms with Gasteiger partial charge in [0.25, 0.3) is 17.7 Å². The van der Waals surface area contributed by atoms with Gasteiger partial charge in [-0.15, -0.1) is 0 Å². The van der Waals surface area contributed by atoms with E-state index in [9.17, 15) is 45.9 Å². The van der Waals surface area contributed by atoms with Crippen molar-refractivity contribution < 1.29 is 50.7 Å². The maximum Gasteiger partial charge on any atom is 0.416 e. The molecule has 27 nitrogen and oxygen atoms in total. The maximum atomic E-state index is 14.0. The molecule has 0 radical (unpaired) electrons. The summed E-state index contributed by atoms with van der Waals surface area (Å²) in [6.45, 7) is 15.8. The van der Waals surface area contributed by atoms with Crippen molar-refractivity contribution >= 4 is 80.1 Å². The number of nitrogens with one attached hydrogen (secondary N) is 3. The number of hydrogen-bond acceptors (Lipinski definition) is 19. The van der Waals surface area contributed by atoms with Gasteiger partial charge < -0.3 is 47.7 Å². The summed E-state index contributed by atoms with van der Waals surface area (Å²) in [5.74, 6) is -2.25. The minimum Gasteiger partial charge on any atom is -0.383 e. The fourth-order valence-corrected chi connectivity index (χ4v) is 14.8. The van der Waals surface area contributed by atoms with E-state index in [2.05, 4.69) is 63.9 Å². The molecule has 4 aliphatic heterocycles. The number of nitrogen functional groups attached to an aromatic ring is 3. The summed E-state index contributed by atoms with van der Waals surface area (Å²) < 4.78 is 77.6. The Hall–Kier alpha value is -13.2. The van der Waals surface area contributed by atoms with Crippen LogP contribution in [0.2, 0.25) is 0 Å². The molecule has 10 heterocycles. The van der Waals surface area contributed by atoms with Crippen molar-refractivity contribution in [2.24, 2.45) is 0 Å². The second kappa shape index (κ2) is 34.4. The van der Waals surface area contributed by atoms with Crippen LogP contribution in [0.15, 0.2) is 184 Å². The molecule has 4 fully saturated rings. The molecule has 12 aromatic rings. The first-order chi connectivity index (χ1) is 55.6. The smallest absolute Gasteiger partial charge is 0.383 e. The Kier molecular flexibility index (Phi) is 23.5. The molecule has 4 saturated heterocycles. The average molecular weight is 1560 g/mol. The van der Waals surface area contributed by atoms with Crippen molar-refractivity contribution in [1.29, 1.82) is 0 Å². The van der Waals surface area contributed by atoms with Crippen LogP contribution in [0.4, 0.5) is 39.4 Å². The number of nitrogens with two attached hydrogens (primary N) is 3. The average Bonchev–Trinajstić information content (AvgIpc) is 1.63. The number of benzene rings is 6. The Labute approximate surface area is 656 Å². The zero-order valence-corrected chi connectivity index (χ0v) is 62.7. The zero-order valence-electron chi connectivity index (χ0n) is 62.7. The largest absolute Gasteiger partial charge is 0.416 e. The van der Waals surface area contributed by atoms with Gasteiger partial charge in [0, 0.05) is 86.7 Å². The number of amides is 5. The number of rotatable bonds is 19. The van der Waals surface area contributed by atoms with Gasteiger partial charge in [-0.1, -0.05) is 98.1 Å². The quantitative estimate of drug-likeness (QED) is 0.0249. The van der Waals surface area contributed by atoms with Crippen LogP contribution < -0.4 is 33.2 Å². The van der Waals surface area contributed by atoms with Crippen molar-refractivity contribution in [1.82, 2.24) is 89.9 Å². The minimum absolute atomic E-state index is 0.0772. The van der Waals surface area contributed by atoms with Gasteiger partial charge in [0.2, 0.25) is 11.8 Å². The fourth-order valence-electron chi connectivity index (χ4n) is 14.8. The number of hydrogen-bond donors (Lipinski definition) is 6. The first-order valence-electron chi connectivity index (χ1n) is 37.5. The van der Waals surface area contributed by atoms with Gasteiger partial charge in [0.1, 0.15) is 65.2 Å². The number of aryl methyl sites for hydroxylation is 1. The van der Waals surface area contributed by atoms with E-state index in [1.54, 1.807) is 43.4 Å². The van der Waals surface area contributed by atoms with Crippen molar-refractivity contribution in [2.75, 3.05) is 69.6 Å². The number of halogens is 5. The standard InChI is InChI=1S/C28H26F3N7O2.C28H31N7O2.C27H25F2N7O2/c1-2-22(39)37-11-5-10-21(15-37)38-26-23(25(32)34-16-35-26)24(36-38)18-7-3-6-17(12-18)14-33-27(40)19-8-4-9-20(13-19)28(29,30)31;1-18-5-2-3-7-23(18)28(36)30-13-19-8-10-20(11-9-19)25-24-26(29)31-17-32-27(24)35(33-25)21-6-4-12-34(14-21)15-22-16-37-22;1-2-22(37)35-10-4-7-19(14-35)36-26-23(25(30)32-15-33-26)24(34-36)17-6-3-5-16(11-17)13-31-27(38)20-12-18(28)8-9-21(20)29/h2-4,6-9,12-13,16,21H,1,5,10-11,14-15H2,(H,33,40)(H2,32,34,35);2-3,5,7-11,17,21-22H,4,6,12-16H2,1H3,(H,30,36)(H2,29,31,32);2-3,5-6,8-9,11-12,15,19H,1,4,7,10,13-14H2,(H,31,38)(H2,30,32,33)/t21-;21-,22-;19-/m111/s1. The number of likely N-dealkylation sites (tertiary alicyclic amines) is 3. The summed E-state index contributed by atoms with van der Waals surface area (Å²) in [7, 11) is 0. The maximum absolute atomic E-state index is 14.0. The molecule has 0 bridgehead atoms. The number of anilines is 3. The molecule has 6 aromatic heterocycles. The van der Waals surface area contributed by atoms with E-state index in [1.165, 1.54) is 43.3 Å². The van der Waals surface area contributed by atoms with Crippen LogP contribution in [0.25, 0.3) is 66.9 Å². The van der Waals surface area contributed by atoms with Crippen LogP contribution >= 0.6 is 0 Å². The lowest BCUT2D eigenvalue weighted by atomic mass is 10.1. The molecule has 4 aliphatic rings. The van der Waals surface area contributed by atoms with E-state index in [4.69, 9.17) is 37.2 Å². The number of carbonyl (C=O) groups is 5. The Morgan fingerprint density at radius 2 is 0.983 bits per heavy atom. The second-order valence-corrected chi connectivity index (χ2v) is 28.5. The number of nitrogens with zero attached hydrogens (tertiary/aromatic N) is 15. The summed E-state index contributed by atoms with van der Waals surface area (Å²) in [6, 6.07) is 37.1. The Bertz CT molecular complexity index is 5670.